The van der Waals surface area contributed by atoms with E-state index in [2.05, 4.69) is 10.2 Å². The van der Waals surface area contributed by atoms with Crippen LogP contribution in [-0.4, -0.2) is 25.6 Å². The number of rotatable bonds is 5. The Balaban J connectivity index is 3.05. The number of carbonyl (C=O) groups excluding carboxylic acids is 2. The summed E-state index contributed by atoms with van der Waals surface area (Å²) in [5, 5.41) is 0.0483. The van der Waals surface area contributed by atoms with Crippen LogP contribution >= 0.6 is 23.2 Å². The fourth-order valence-electron chi connectivity index (χ4n) is 1.30. The van der Waals surface area contributed by atoms with Crippen molar-refractivity contribution < 1.29 is 19.2 Å². The summed E-state index contributed by atoms with van der Waals surface area (Å²) in [6.07, 6.45) is 0.740. The lowest BCUT2D eigenvalue weighted by atomic mass is 10.1. The van der Waals surface area contributed by atoms with Crippen molar-refractivity contribution >= 4 is 35.1 Å². The van der Waals surface area contributed by atoms with Gasteiger partial charge in [0.25, 0.3) is 5.91 Å². The Bertz CT molecular complexity index is 491. The number of amides is 1. The molecule has 0 atom stereocenters. The molecule has 0 aromatic heterocycles. The monoisotopic (exact) mass is 305 g/mol. The van der Waals surface area contributed by atoms with Gasteiger partial charge < -0.3 is 4.74 Å². The van der Waals surface area contributed by atoms with Crippen LogP contribution in [0.25, 0.3) is 0 Å². The standard InChI is InChI=1S/C12H13Cl2NO4/c1-3-6-19-15-11(16)9-8(13)5-4-7(10(9)14)12(17)18-2/h4-5H,3,6H2,1-2H3,(H,15,16). The summed E-state index contributed by atoms with van der Waals surface area (Å²) >= 11 is 11.9. The molecule has 19 heavy (non-hydrogen) atoms. The zero-order chi connectivity index (χ0) is 14.4. The van der Waals surface area contributed by atoms with Crippen LogP contribution in [0.15, 0.2) is 12.1 Å². The summed E-state index contributed by atoms with van der Waals surface area (Å²) in [4.78, 5) is 28.2. The Labute approximate surface area is 120 Å². The summed E-state index contributed by atoms with van der Waals surface area (Å²) in [5.41, 5.74) is 2.24. The van der Waals surface area contributed by atoms with Crippen molar-refractivity contribution in [3.63, 3.8) is 0 Å². The highest BCUT2D eigenvalue weighted by Crippen LogP contribution is 2.28. The minimum absolute atomic E-state index is 0.0256. The first-order chi connectivity index (χ1) is 9.02. The van der Waals surface area contributed by atoms with E-state index < -0.39 is 11.9 Å². The first kappa shape index (κ1) is 15.8. The van der Waals surface area contributed by atoms with Crippen molar-refractivity contribution in [2.45, 2.75) is 13.3 Å². The van der Waals surface area contributed by atoms with Crippen molar-refractivity contribution in [3.05, 3.63) is 33.3 Å². The van der Waals surface area contributed by atoms with E-state index in [4.69, 9.17) is 28.0 Å². The quantitative estimate of drug-likeness (QED) is 0.516. The molecule has 0 fully saturated rings. The van der Waals surface area contributed by atoms with E-state index in [0.29, 0.717) is 6.61 Å². The van der Waals surface area contributed by atoms with Gasteiger partial charge in [0.1, 0.15) is 0 Å². The molecule has 7 heteroatoms. The smallest absolute Gasteiger partial charge is 0.339 e. The molecule has 0 aliphatic heterocycles. The van der Waals surface area contributed by atoms with E-state index in [-0.39, 0.29) is 21.2 Å². The minimum Gasteiger partial charge on any atom is -0.465 e. The Morgan fingerprint density at radius 1 is 1.32 bits per heavy atom. The van der Waals surface area contributed by atoms with Crippen LogP contribution in [0.5, 0.6) is 0 Å². The number of methoxy groups -OCH3 is 1. The molecule has 0 aliphatic carbocycles. The normalized spacial score (nSPS) is 10.1. The average molecular weight is 306 g/mol. The van der Waals surface area contributed by atoms with Gasteiger partial charge in [0.15, 0.2) is 0 Å². The predicted octanol–water partition coefficient (Wildman–Crippen LogP) is 2.85. The summed E-state index contributed by atoms with van der Waals surface area (Å²) in [6.45, 7) is 2.25. The highest BCUT2D eigenvalue weighted by atomic mass is 35.5. The molecular weight excluding hydrogens is 293 g/mol. The maximum atomic E-state index is 11.9. The van der Waals surface area contributed by atoms with E-state index in [0.717, 1.165) is 6.42 Å². The molecule has 1 rings (SSSR count). The number of nitrogens with one attached hydrogen (secondary N) is 1. The molecule has 0 saturated heterocycles. The summed E-state index contributed by atoms with van der Waals surface area (Å²) in [6, 6.07) is 2.79. The van der Waals surface area contributed by atoms with E-state index in [1.54, 1.807) is 0 Å². The lowest BCUT2D eigenvalue weighted by Gasteiger charge is -2.10. The molecule has 0 spiro atoms. The maximum Gasteiger partial charge on any atom is 0.339 e. The van der Waals surface area contributed by atoms with Crippen molar-refractivity contribution in [2.24, 2.45) is 0 Å². The van der Waals surface area contributed by atoms with Gasteiger partial charge in [-0.3, -0.25) is 9.63 Å². The molecule has 104 valence electrons. The minimum atomic E-state index is -0.648. The third-order valence-electron chi connectivity index (χ3n) is 2.19. The molecule has 1 aromatic rings. The van der Waals surface area contributed by atoms with Crippen LogP contribution in [0.4, 0.5) is 0 Å². The van der Waals surface area contributed by atoms with Crippen LogP contribution in [-0.2, 0) is 9.57 Å². The predicted molar refractivity (Wildman–Crippen MR) is 71.5 cm³/mol. The fraction of sp³-hybridized carbons (Fsp3) is 0.333. The molecule has 0 heterocycles. The lowest BCUT2D eigenvalue weighted by Crippen LogP contribution is -2.25. The van der Waals surface area contributed by atoms with Gasteiger partial charge in [-0.1, -0.05) is 30.1 Å². The Morgan fingerprint density at radius 3 is 2.58 bits per heavy atom. The second-order valence-corrected chi connectivity index (χ2v) is 4.34. The van der Waals surface area contributed by atoms with Crippen LogP contribution < -0.4 is 5.48 Å². The second kappa shape index (κ2) is 7.33. The van der Waals surface area contributed by atoms with Crippen LogP contribution in [0, 0.1) is 0 Å². The summed E-state index contributed by atoms with van der Waals surface area (Å²) in [7, 11) is 1.22. The van der Waals surface area contributed by atoms with Crippen molar-refractivity contribution in [1.29, 1.82) is 0 Å². The van der Waals surface area contributed by atoms with Crippen molar-refractivity contribution in [2.75, 3.05) is 13.7 Å². The Hall–Kier alpha value is -1.30. The van der Waals surface area contributed by atoms with Crippen molar-refractivity contribution in [3.8, 4) is 0 Å². The van der Waals surface area contributed by atoms with E-state index in [1.807, 2.05) is 6.92 Å². The van der Waals surface area contributed by atoms with Crippen LogP contribution in [0.1, 0.15) is 34.1 Å². The van der Waals surface area contributed by atoms with Gasteiger partial charge in [0, 0.05) is 0 Å². The number of halogens is 2. The number of benzene rings is 1. The first-order valence-corrected chi connectivity index (χ1v) is 6.27. The van der Waals surface area contributed by atoms with E-state index in [1.165, 1.54) is 19.2 Å². The second-order valence-electron chi connectivity index (χ2n) is 3.56. The SMILES string of the molecule is CCCONC(=O)c1c(Cl)ccc(C(=O)OC)c1Cl. The number of carbonyl (C=O) groups is 2. The van der Waals surface area contributed by atoms with Crippen LogP contribution in [0.2, 0.25) is 10.0 Å². The molecule has 0 radical (unpaired) electrons. The van der Waals surface area contributed by atoms with Gasteiger partial charge in [-0.2, -0.15) is 0 Å². The molecule has 5 nitrogen and oxygen atoms in total. The van der Waals surface area contributed by atoms with Gasteiger partial charge in [-0.25, -0.2) is 10.3 Å². The Kier molecular flexibility index (Phi) is 6.08. The first-order valence-electron chi connectivity index (χ1n) is 5.51. The van der Waals surface area contributed by atoms with Gasteiger partial charge in [-0.15, -0.1) is 0 Å². The highest BCUT2D eigenvalue weighted by Gasteiger charge is 2.21. The molecule has 0 saturated carbocycles. The lowest BCUT2D eigenvalue weighted by molar-refractivity contribution is 0.0315. The van der Waals surface area contributed by atoms with Crippen molar-refractivity contribution in [1.82, 2.24) is 5.48 Å². The number of hydrogen-bond acceptors (Lipinski definition) is 4. The highest BCUT2D eigenvalue weighted by molar-refractivity contribution is 6.41. The van der Waals surface area contributed by atoms with Gasteiger partial charge in [0.05, 0.1) is 34.9 Å². The zero-order valence-electron chi connectivity index (χ0n) is 10.5. The largest absolute Gasteiger partial charge is 0.465 e. The summed E-state index contributed by atoms with van der Waals surface area (Å²) in [5.74, 6) is -1.26. The molecule has 0 aliphatic rings. The third kappa shape index (κ3) is 3.83. The maximum absolute atomic E-state index is 11.9. The molecule has 1 amide bonds. The molecule has 0 bridgehead atoms. The Morgan fingerprint density at radius 2 is 2.00 bits per heavy atom. The summed E-state index contributed by atoms with van der Waals surface area (Å²) < 4.78 is 4.56. The number of hydrogen-bond donors (Lipinski definition) is 1. The number of ether oxygens (including phenoxy) is 1. The van der Waals surface area contributed by atoms with E-state index in [9.17, 15) is 9.59 Å². The van der Waals surface area contributed by atoms with Gasteiger partial charge in [0.2, 0.25) is 0 Å². The number of hydroxylamine groups is 1. The fourth-order valence-corrected chi connectivity index (χ4v) is 1.92. The van der Waals surface area contributed by atoms with E-state index >= 15 is 0 Å². The van der Waals surface area contributed by atoms with Crippen LogP contribution in [0.3, 0.4) is 0 Å². The molecular formula is C12H13Cl2NO4. The number of esters is 1. The molecule has 1 aromatic carbocycles. The van der Waals surface area contributed by atoms with Gasteiger partial charge in [-0.05, 0) is 18.6 Å². The molecule has 1 N–H and O–H groups in total. The zero-order valence-corrected chi connectivity index (χ0v) is 12.0. The third-order valence-corrected chi connectivity index (χ3v) is 2.90. The van der Waals surface area contributed by atoms with Gasteiger partial charge >= 0.3 is 5.97 Å². The average Bonchev–Trinajstić information content (AvgIpc) is 2.38. The molecule has 0 unspecified atom stereocenters. The topological polar surface area (TPSA) is 64.6 Å².